The number of aryl methyl sites for hydroxylation is 1. The molecule has 20 heteroatoms. The highest BCUT2D eigenvalue weighted by atomic mass is 32.1. The lowest BCUT2D eigenvalue weighted by Crippen LogP contribution is -2.57. The summed E-state index contributed by atoms with van der Waals surface area (Å²) in [6.45, 7) is 13.7. The molecule has 0 radical (unpaired) electrons. The molecule has 0 spiro atoms. The Balaban J connectivity index is 0.785. The molecule has 16 nitrogen and oxygen atoms in total. The van der Waals surface area contributed by atoms with E-state index in [1.165, 1.54) is 29.7 Å². The minimum absolute atomic E-state index is 0.0102. The number of anilines is 2. The van der Waals surface area contributed by atoms with Gasteiger partial charge in [-0.2, -0.15) is 18.4 Å². The van der Waals surface area contributed by atoms with Gasteiger partial charge in [-0.3, -0.25) is 24.1 Å². The second-order valence-corrected chi connectivity index (χ2v) is 21.6. The zero-order valence-corrected chi connectivity index (χ0v) is 45.0. The normalized spacial score (nSPS) is 17.0. The number of rotatable bonds is 26. The average molecular weight is 1070 g/mol. The van der Waals surface area contributed by atoms with Gasteiger partial charge in [0.25, 0.3) is 5.91 Å². The van der Waals surface area contributed by atoms with E-state index in [9.17, 15) is 42.3 Å². The van der Waals surface area contributed by atoms with E-state index in [0.29, 0.717) is 61.9 Å². The minimum Gasteiger partial charge on any atom is -0.494 e. The number of urea groups is 1. The van der Waals surface area contributed by atoms with E-state index in [1.54, 1.807) is 35.6 Å². The summed E-state index contributed by atoms with van der Waals surface area (Å²) in [7, 11) is 0. The number of nitrogens with zero attached hydrogens (tertiary/aromatic N) is 5. The predicted molar refractivity (Wildman–Crippen MR) is 282 cm³/mol. The summed E-state index contributed by atoms with van der Waals surface area (Å²) in [5.74, 6) is -1.15. The fourth-order valence-corrected chi connectivity index (χ4v) is 9.93. The number of amides is 6. The number of unbranched alkanes of at least 4 members (excludes halogenated alkanes) is 5. The third-order valence-corrected chi connectivity index (χ3v) is 14.4. The van der Waals surface area contributed by atoms with Crippen molar-refractivity contribution in [1.82, 2.24) is 20.5 Å². The second-order valence-electron chi connectivity index (χ2n) is 20.7. The third kappa shape index (κ3) is 15.4. The van der Waals surface area contributed by atoms with Crippen molar-refractivity contribution in [2.75, 3.05) is 49.4 Å². The Hall–Kier alpha value is -6.40. The summed E-state index contributed by atoms with van der Waals surface area (Å²) >= 11 is 1.57. The SMILES string of the molecule is Cc1ncsc1-c1ccc(CNC(=O)[C@@H]2CC(O)CN2C(=O)[C@@H](NC(=O)CCCCCCOCCCCOCCCCOc2ccc(N3C(=O)N(c4ccc(C#N)c(C(F)(F)F)c4)C(=O)C3(C)C)cc2)C(C)(C)C)cc1. The molecule has 2 aliphatic rings. The lowest BCUT2D eigenvalue weighted by Gasteiger charge is -2.35. The van der Waals surface area contributed by atoms with Crippen LogP contribution in [0.3, 0.4) is 0 Å². The van der Waals surface area contributed by atoms with Crippen molar-refractivity contribution in [3.8, 4) is 22.3 Å². The molecular formula is C56H70F3N7O9S. The Morgan fingerprint density at radius 3 is 2.07 bits per heavy atom. The molecule has 1 unspecified atom stereocenters. The molecule has 76 heavy (non-hydrogen) atoms. The van der Waals surface area contributed by atoms with Crippen LogP contribution in [0.4, 0.5) is 29.3 Å². The van der Waals surface area contributed by atoms with Crippen LogP contribution in [0.2, 0.25) is 0 Å². The first-order chi connectivity index (χ1) is 36.1. The number of nitrogens with one attached hydrogen (secondary N) is 2. The number of thiazole rings is 1. The first-order valence-electron chi connectivity index (χ1n) is 25.8. The molecule has 3 heterocycles. The smallest absolute Gasteiger partial charge is 0.417 e. The highest BCUT2D eigenvalue weighted by Crippen LogP contribution is 2.40. The standard InChI is InChI=1S/C56H70F3N7O9S/c1-37-48(76-36-62-37)39-18-16-38(17-19-39)34-61-50(69)46-32-43(67)35-64(46)51(70)49(54(2,3)4)63-47(68)15-9-7-8-10-26-73-27-11-12-28-74-29-13-14-30-75-44-24-22-41(23-25-44)66-53(72)65(52(71)55(66,5)6)42-21-20-40(33-60)45(31-42)56(57,58)59/h16-25,31,36,43,46,49,67H,7-15,26-30,32,34-35H2,1-6H3,(H,61,69)(H,63,68)/t43?,46-,49+/m0/s1. The van der Waals surface area contributed by atoms with Crippen molar-refractivity contribution in [3.63, 3.8) is 0 Å². The van der Waals surface area contributed by atoms with E-state index in [2.05, 4.69) is 15.6 Å². The monoisotopic (exact) mass is 1070 g/mol. The summed E-state index contributed by atoms with van der Waals surface area (Å²) in [5.41, 5.74) is 0.897. The zero-order valence-electron chi connectivity index (χ0n) is 44.2. The molecule has 2 fully saturated rings. The molecule has 3 atom stereocenters. The molecule has 3 N–H and O–H groups in total. The molecular weight excluding hydrogens is 1000 g/mol. The Bertz CT molecular complexity index is 2670. The largest absolute Gasteiger partial charge is 0.494 e. The zero-order chi connectivity index (χ0) is 55.2. The predicted octanol–water partition coefficient (Wildman–Crippen LogP) is 9.49. The average Bonchev–Trinajstić information content (AvgIpc) is 4.12. The van der Waals surface area contributed by atoms with Crippen LogP contribution in [0.5, 0.6) is 5.75 Å². The number of carbonyl (C=O) groups excluding carboxylic acids is 5. The fourth-order valence-electron chi connectivity index (χ4n) is 9.12. The molecule has 1 aromatic heterocycles. The van der Waals surface area contributed by atoms with Crippen LogP contribution in [0.15, 0.2) is 72.2 Å². The highest BCUT2D eigenvalue weighted by Gasteiger charge is 2.53. The molecule has 0 saturated carbocycles. The number of benzene rings is 3. The molecule has 6 amide bonds. The first kappa shape index (κ1) is 58.9. The van der Waals surface area contributed by atoms with Crippen molar-refractivity contribution >= 4 is 52.4 Å². The summed E-state index contributed by atoms with van der Waals surface area (Å²) in [6, 6.07) is 16.1. The van der Waals surface area contributed by atoms with Crippen molar-refractivity contribution < 1.29 is 56.5 Å². The number of aromatic nitrogens is 1. The summed E-state index contributed by atoms with van der Waals surface area (Å²) < 4.78 is 58.4. The fraction of sp³-hybridized carbons (Fsp3) is 0.518. The number of hydrogen-bond donors (Lipinski definition) is 3. The number of aliphatic hydroxyl groups is 1. The Labute approximate surface area is 446 Å². The number of hydrogen-bond acceptors (Lipinski definition) is 12. The van der Waals surface area contributed by atoms with Crippen molar-refractivity contribution in [2.45, 2.75) is 142 Å². The van der Waals surface area contributed by atoms with Gasteiger partial charge in [0.15, 0.2) is 0 Å². The Morgan fingerprint density at radius 2 is 1.47 bits per heavy atom. The maximum absolute atomic E-state index is 14.0. The van der Waals surface area contributed by atoms with E-state index >= 15 is 0 Å². The van der Waals surface area contributed by atoms with E-state index < -0.39 is 58.4 Å². The number of β-amino-alcohol motifs (C(OH)–C–C–N with tert-alkyl or cyclic N) is 1. The van der Waals surface area contributed by atoms with Crippen molar-refractivity contribution in [1.29, 1.82) is 5.26 Å². The van der Waals surface area contributed by atoms with E-state index in [0.717, 1.165) is 78.8 Å². The number of alkyl halides is 3. The van der Waals surface area contributed by atoms with Crippen LogP contribution in [-0.2, 0) is 41.4 Å². The van der Waals surface area contributed by atoms with Crippen molar-refractivity contribution in [3.05, 3.63) is 94.6 Å². The number of halogens is 3. The second kappa shape index (κ2) is 26.6. The molecule has 2 saturated heterocycles. The molecule has 4 aromatic rings. The van der Waals surface area contributed by atoms with E-state index in [4.69, 9.17) is 19.5 Å². The van der Waals surface area contributed by atoms with Gasteiger partial charge >= 0.3 is 12.2 Å². The van der Waals surface area contributed by atoms with Gasteiger partial charge in [-0.25, -0.2) is 14.7 Å². The number of likely N-dealkylation sites (tertiary alicyclic amines) is 1. The number of aliphatic hydroxyl groups excluding tert-OH is 1. The molecule has 410 valence electrons. The van der Waals surface area contributed by atoms with Crippen molar-refractivity contribution in [2.24, 2.45) is 5.41 Å². The van der Waals surface area contributed by atoms with Crippen LogP contribution in [0.25, 0.3) is 10.4 Å². The quantitative estimate of drug-likeness (QED) is 0.0399. The molecule has 0 aliphatic carbocycles. The first-order valence-corrected chi connectivity index (χ1v) is 26.7. The Morgan fingerprint density at radius 1 is 0.868 bits per heavy atom. The van der Waals surface area contributed by atoms with Gasteiger partial charge < -0.3 is 34.9 Å². The van der Waals surface area contributed by atoms with Gasteiger partial charge in [-0.1, -0.05) is 57.9 Å². The maximum atomic E-state index is 14.0. The number of imide groups is 1. The van der Waals surface area contributed by atoms with E-state index in [-0.39, 0.29) is 49.3 Å². The lowest BCUT2D eigenvalue weighted by molar-refractivity contribution is -0.144. The van der Waals surface area contributed by atoms with Gasteiger partial charge in [-0.05, 0) is 118 Å². The maximum Gasteiger partial charge on any atom is 0.417 e. The minimum atomic E-state index is -4.86. The summed E-state index contributed by atoms with van der Waals surface area (Å²) in [5, 5.41) is 25.6. The van der Waals surface area contributed by atoms with Gasteiger partial charge in [0.1, 0.15) is 23.4 Å². The van der Waals surface area contributed by atoms with Crippen LogP contribution in [0.1, 0.15) is 121 Å². The highest BCUT2D eigenvalue weighted by molar-refractivity contribution is 7.13. The van der Waals surface area contributed by atoms with Gasteiger partial charge in [-0.15, -0.1) is 11.3 Å². The molecule has 6 rings (SSSR count). The summed E-state index contributed by atoms with van der Waals surface area (Å²) in [4.78, 5) is 76.2. The number of ether oxygens (including phenoxy) is 3. The van der Waals surface area contributed by atoms with Crippen LogP contribution < -0.4 is 25.2 Å². The van der Waals surface area contributed by atoms with Gasteiger partial charge in [0.2, 0.25) is 17.7 Å². The Kier molecular flexibility index (Phi) is 20.6. The van der Waals surface area contributed by atoms with Gasteiger partial charge in [0, 0.05) is 58.0 Å². The van der Waals surface area contributed by atoms with Crippen LogP contribution in [-0.4, -0.2) is 108 Å². The molecule has 3 aromatic carbocycles. The molecule has 0 bridgehead atoms. The van der Waals surface area contributed by atoms with E-state index in [1.807, 2.05) is 57.5 Å². The van der Waals surface area contributed by atoms with Gasteiger partial charge in [0.05, 0.1) is 51.7 Å². The molecule has 2 aliphatic heterocycles. The third-order valence-electron chi connectivity index (χ3n) is 13.4. The topological polar surface area (TPSA) is 204 Å². The van der Waals surface area contributed by atoms with Crippen LogP contribution in [0, 0.1) is 23.7 Å². The lowest BCUT2D eigenvalue weighted by atomic mass is 9.85. The van der Waals surface area contributed by atoms with Crippen LogP contribution >= 0.6 is 11.3 Å². The number of carbonyl (C=O) groups is 5. The number of nitriles is 1. The summed E-state index contributed by atoms with van der Waals surface area (Å²) in [6.07, 6.45) is 1.14.